The van der Waals surface area contributed by atoms with Crippen LogP contribution < -0.4 is 0 Å². The van der Waals surface area contributed by atoms with Gasteiger partial charge in [0.15, 0.2) is 0 Å². The third kappa shape index (κ3) is 2.61. The van der Waals surface area contributed by atoms with Crippen LogP contribution in [0.15, 0.2) is 24.3 Å². The Morgan fingerprint density at radius 1 is 1.25 bits per heavy atom. The van der Waals surface area contributed by atoms with Crippen LogP contribution in [0.4, 0.5) is 4.39 Å². The molecule has 0 aliphatic heterocycles. The Morgan fingerprint density at radius 2 is 2.05 bits per heavy atom. The van der Waals surface area contributed by atoms with Gasteiger partial charge in [0.05, 0.1) is 16.8 Å². The molecule has 1 aromatic carbocycles. The van der Waals surface area contributed by atoms with E-state index in [9.17, 15) is 9.50 Å². The van der Waals surface area contributed by atoms with Crippen LogP contribution in [0.25, 0.3) is 10.1 Å². The van der Waals surface area contributed by atoms with E-state index in [1.165, 1.54) is 28.3 Å². The van der Waals surface area contributed by atoms with Gasteiger partial charge in [-0.05, 0) is 43.5 Å². The van der Waals surface area contributed by atoms with E-state index in [2.05, 4.69) is 4.98 Å². The first-order valence-corrected chi connectivity index (χ1v) is 7.96. The van der Waals surface area contributed by atoms with Gasteiger partial charge in [-0.1, -0.05) is 0 Å². The van der Waals surface area contributed by atoms with E-state index in [0.717, 1.165) is 25.7 Å². The molecule has 5 heteroatoms. The van der Waals surface area contributed by atoms with Crippen molar-refractivity contribution in [3.63, 3.8) is 0 Å². The number of hydrogen-bond acceptors (Lipinski definition) is 4. The van der Waals surface area contributed by atoms with Crippen molar-refractivity contribution in [1.82, 2.24) is 4.98 Å². The van der Waals surface area contributed by atoms with Crippen molar-refractivity contribution in [3.05, 3.63) is 50.5 Å². The number of thiazole rings is 1. The van der Waals surface area contributed by atoms with Crippen LogP contribution in [0.5, 0.6) is 0 Å². The number of hydrogen-bond donors (Lipinski definition) is 1. The van der Waals surface area contributed by atoms with Crippen molar-refractivity contribution in [3.8, 4) is 0 Å². The van der Waals surface area contributed by atoms with E-state index in [1.54, 1.807) is 17.4 Å². The molecule has 20 heavy (non-hydrogen) atoms. The molecule has 0 saturated heterocycles. The summed E-state index contributed by atoms with van der Waals surface area (Å²) in [5.74, 6) is -0.248. The summed E-state index contributed by atoms with van der Waals surface area (Å²) in [7, 11) is 0. The first-order chi connectivity index (χ1) is 9.52. The minimum absolute atomic E-state index is 0.248. The molecule has 1 atom stereocenters. The number of nitrogens with zero attached hydrogens (tertiary/aromatic N) is 1. The molecule has 0 aliphatic rings. The number of aryl methyl sites for hydroxylation is 2. The predicted molar refractivity (Wildman–Crippen MR) is 82.0 cm³/mol. The molecule has 0 amide bonds. The topological polar surface area (TPSA) is 33.1 Å². The molecule has 3 aromatic rings. The van der Waals surface area contributed by atoms with Crippen LogP contribution >= 0.6 is 22.7 Å². The number of aromatic nitrogens is 1. The number of benzene rings is 1. The fraction of sp³-hybridized carbons (Fsp3) is 0.267. The quantitative estimate of drug-likeness (QED) is 0.778. The van der Waals surface area contributed by atoms with E-state index in [4.69, 9.17) is 0 Å². The molecule has 1 unspecified atom stereocenters. The molecule has 0 spiro atoms. The number of aliphatic hydroxyl groups is 1. The fourth-order valence-electron chi connectivity index (χ4n) is 2.09. The highest BCUT2D eigenvalue weighted by Crippen LogP contribution is 2.32. The van der Waals surface area contributed by atoms with E-state index in [0.29, 0.717) is 6.42 Å². The number of thiophene rings is 1. The highest BCUT2D eigenvalue weighted by molar-refractivity contribution is 7.19. The zero-order valence-electron chi connectivity index (χ0n) is 11.2. The van der Waals surface area contributed by atoms with Gasteiger partial charge in [0.2, 0.25) is 0 Å². The largest absolute Gasteiger partial charge is 0.387 e. The van der Waals surface area contributed by atoms with Crippen molar-refractivity contribution >= 4 is 32.8 Å². The number of aliphatic hydroxyl groups excluding tert-OH is 1. The average Bonchev–Trinajstić information content (AvgIpc) is 2.93. The highest BCUT2D eigenvalue weighted by atomic mass is 32.1. The van der Waals surface area contributed by atoms with E-state index in [1.807, 2.05) is 19.9 Å². The lowest BCUT2D eigenvalue weighted by molar-refractivity contribution is 0.182. The number of halogens is 1. The number of fused-ring (bicyclic) bond motifs is 1. The second-order valence-electron chi connectivity index (χ2n) is 4.80. The lowest BCUT2D eigenvalue weighted by Crippen LogP contribution is -1.98. The average molecular weight is 307 g/mol. The zero-order valence-corrected chi connectivity index (χ0v) is 12.8. The summed E-state index contributed by atoms with van der Waals surface area (Å²) in [5.41, 5.74) is 1.02. The third-order valence-electron chi connectivity index (χ3n) is 3.27. The summed E-state index contributed by atoms with van der Waals surface area (Å²) in [6.45, 7) is 4.01. The second-order valence-corrected chi connectivity index (χ2v) is 7.20. The van der Waals surface area contributed by atoms with Gasteiger partial charge in [0.25, 0.3) is 0 Å². The van der Waals surface area contributed by atoms with Crippen molar-refractivity contribution in [2.75, 3.05) is 0 Å². The molecule has 0 saturated carbocycles. The summed E-state index contributed by atoms with van der Waals surface area (Å²) in [4.78, 5) is 6.49. The van der Waals surface area contributed by atoms with E-state index < -0.39 is 6.10 Å². The van der Waals surface area contributed by atoms with Gasteiger partial charge in [0.1, 0.15) is 5.82 Å². The molecule has 2 nitrogen and oxygen atoms in total. The van der Waals surface area contributed by atoms with E-state index in [-0.39, 0.29) is 5.82 Å². The van der Waals surface area contributed by atoms with Crippen LogP contribution in [-0.2, 0) is 6.42 Å². The third-order valence-corrected chi connectivity index (χ3v) is 5.58. The maximum Gasteiger partial charge on any atom is 0.123 e. The first-order valence-electron chi connectivity index (χ1n) is 6.33. The Kier molecular flexibility index (Phi) is 3.58. The summed E-state index contributed by atoms with van der Waals surface area (Å²) in [5, 5.41) is 12.1. The summed E-state index contributed by atoms with van der Waals surface area (Å²) in [6, 6.07) is 6.56. The van der Waals surface area contributed by atoms with Crippen molar-refractivity contribution in [1.29, 1.82) is 0 Å². The molecule has 1 N–H and O–H groups in total. The minimum atomic E-state index is -0.583. The number of rotatable bonds is 3. The van der Waals surface area contributed by atoms with Crippen molar-refractivity contribution in [2.45, 2.75) is 26.4 Å². The van der Waals surface area contributed by atoms with Crippen LogP contribution in [-0.4, -0.2) is 10.1 Å². The Bertz CT molecular complexity index is 743. The maximum atomic E-state index is 13.2. The SMILES string of the molecule is Cc1nc(CC(O)c2cc3cc(F)ccc3s2)sc1C. The van der Waals surface area contributed by atoms with Crippen LogP contribution in [0, 0.1) is 19.7 Å². The summed E-state index contributed by atoms with van der Waals surface area (Å²) in [6.07, 6.45) is -0.0744. The molecule has 2 heterocycles. The van der Waals surface area contributed by atoms with E-state index >= 15 is 0 Å². The molecule has 2 aromatic heterocycles. The van der Waals surface area contributed by atoms with Gasteiger partial charge in [-0.2, -0.15) is 0 Å². The smallest absolute Gasteiger partial charge is 0.123 e. The van der Waals surface area contributed by atoms with Crippen LogP contribution in [0.3, 0.4) is 0 Å². The van der Waals surface area contributed by atoms with Crippen LogP contribution in [0.1, 0.15) is 26.6 Å². The Balaban J connectivity index is 1.86. The lowest BCUT2D eigenvalue weighted by Gasteiger charge is -2.05. The summed E-state index contributed by atoms with van der Waals surface area (Å²) < 4.78 is 14.2. The Morgan fingerprint density at radius 3 is 2.75 bits per heavy atom. The second kappa shape index (κ2) is 5.24. The maximum absolute atomic E-state index is 13.2. The molecule has 3 rings (SSSR count). The van der Waals surface area contributed by atoms with Gasteiger partial charge in [-0.3, -0.25) is 0 Å². The molecule has 0 fully saturated rings. The molecule has 0 radical (unpaired) electrons. The van der Waals surface area contributed by atoms with Gasteiger partial charge >= 0.3 is 0 Å². The fourth-order valence-corrected chi connectivity index (χ4v) is 4.09. The molecule has 0 bridgehead atoms. The minimum Gasteiger partial charge on any atom is -0.387 e. The molecular weight excluding hydrogens is 293 g/mol. The first kappa shape index (κ1) is 13.7. The Hall–Kier alpha value is -1.30. The van der Waals surface area contributed by atoms with Crippen molar-refractivity contribution in [2.24, 2.45) is 0 Å². The molecule has 104 valence electrons. The highest BCUT2D eigenvalue weighted by Gasteiger charge is 2.15. The molecule has 0 aliphatic carbocycles. The van der Waals surface area contributed by atoms with Gasteiger partial charge in [-0.25, -0.2) is 9.37 Å². The van der Waals surface area contributed by atoms with Gasteiger partial charge < -0.3 is 5.11 Å². The van der Waals surface area contributed by atoms with Crippen LogP contribution in [0.2, 0.25) is 0 Å². The standard InChI is InChI=1S/C15H14FNOS2/c1-8-9(2)19-15(17-8)7-12(18)14-6-10-5-11(16)3-4-13(10)20-14/h3-6,12,18H,7H2,1-2H3. The van der Waals surface area contributed by atoms with Gasteiger partial charge in [-0.15, -0.1) is 22.7 Å². The normalized spacial score (nSPS) is 13.0. The van der Waals surface area contributed by atoms with Crippen molar-refractivity contribution < 1.29 is 9.50 Å². The van der Waals surface area contributed by atoms with Gasteiger partial charge in [0, 0.05) is 20.9 Å². The monoisotopic (exact) mass is 307 g/mol. The lowest BCUT2D eigenvalue weighted by atomic mass is 10.2. The predicted octanol–water partition coefficient (Wildman–Crippen LogP) is 4.39. The zero-order chi connectivity index (χ0) is 14.3. The summed E-state index contributed by atoms with van der Waals surface area (Å²) >= 11 is 3.12. The Labute approximate surface area is 124 Å². The molecular formula is C15H14FNOS2.